The molecule has 4 nitrogen and oxygen atoms in total. The van der Waals surface area contributed by atoms with Gasteiger partial charge in [-0.05, 0) is 43.7 Å². The summed E-state index contributed by atoms with van der Waals surface area (Å²) in [6, 6.07) is 14.4. The molecule has 120 valence electrons. The third-order valence-corrected chi connectivity index (χ3v) is 4.67. The Bertz CT molecular complexity index is 1090. The Kier molecular flexibility index (Phi) is 3.27. The highest BCUT2D eigenvalue weighted by Gasteiger charge is 2.17. The molecular formula is C20H19N3O. The fraction of sp³-hybridized carbons (Fsp3) is 0.200. The van der Waals surface area contributed by atoms with Gasteiger partial charge in [-0.2, -0.15) is 0 Å². The molecule has 0 bridgehead atoms. The van der Waals surface area contributed by atoms with Crippen molar-refractivity contribution in [3.8, 4) is 11.5 Å². The molecule has 0 radical (unpaired) electrons. The van der Waals surface area contributed by atoms with E-state index in [0.717, 1.165) is 40.9 Å². The van der Waals surface area contributed by atoms with Crippen molar-refractivity contribution >= 4 is 28.2 Å². The monoisotopic (exact) mass is 317 g/mol. The van der Waals surface area contributed by atoms with Gasteiger partial charge < -0.3 is 9.13 Å². The number of hydrogen-bond acceptors (Lipinski definition) is 2. The van der Waals surface area contributed by atoms with Crippen LogP contribution in [0.3, 0.4) is 0 Å². The van der Waals surface area contributed by atoms with Gasteiger partial charge in [0.25, 0.3) is 0 Å². The molecule has 2 aromatic heterocycles. The quantitative estimate of drug-likeness (QED) is 0.527. The molecule has 0 unspecified atom stereocenters. The first-order chi connectivity index (χ1) is 11.6. The number of aryl methyl sites for hydroxylation is 3. The van der Waals surface area contributed by atoms with E-state index in [2.05, 4.69) is 46.4 Å². The number of carbonyl (C=O) groups excluding carboxylic acids is 1. The third-order valence-electron chi connectivity index (χ3n) is 4.67. The topological polar surface area (TPSA) is 39.8 Å². The van der Waals surface area contributed by atoms with Crippen molar-refractivity contribution < 1.29 is 4.79 Å². The molecule has 2 aromatic carbocycles. The van der Waals surface area contributed by atoms with Crippen LogP contribution >= 0.6 is 0 Å². The Morgan fingerprint density at radius 1 is 1.17 bits per heavy atom. The summed E-state index contributed by atoms with van der Waals surface area (Å²) in [6.45, 7) is 5.05. The molecular weight excluding hydrogens is 298 g/mol. The molecule has 4 heteroatoms. The number of benzene rings is 2. The molecule has 2 heterocycles. The first-order valence-corrected chi connectivity index (χ1v) is 8.15. The van der Waals surface area contributed by atoms with Crippen LogP contribution in [0.1, 0.15) is 22.8 Å². The Balaban J connectivity index is 2.05. The molecule has 0 fully saturated rings. The number of aldehydes is 1. The average Bonchev–Trinajstić information content (AvgIpc) is 3.12. The van der Waals surface area contributed by atoms with Crippen LogP contribution in [0, 0.1) is 6.92 Å². The molecule has 24 heavy (non-hydrogen) atoms. The maximum Gasteiger partial charge on any atom is 0.157 e. The highest BCUT2D eigenvalue weighted by molar-refractivity contribution is 5.91. The Morgan fingerprint density at radius 2 is 1.96 bits per heavy atom. The Morgan fingerprint density at radius 3 is 2.71 bits per heavy atom. The zero-order valence-corrected chi connectivity index (χ0v) is 14.1. The predicted molar refractivity (Wildman–Crippen MR) is 97.4 cm³/mol. The van der Waals surface area contributed by atoms with Crippen molar-refractivity contribution in [3.05, 3.63) is 53.6 Å². The summed E-state index contributed by atoms with van der Waals surface area (Å²) in [5, 5.41) is 1.21. The van der Waals surface area contributed by atoms with E-state index >= 15 is 0 Å². The van der Waals surface area contributed by atoms with Gasteiger partial charge in [0.15, 0.2) is 5.82 Å². The number of para-hydroxylation sites is 1. The minimum absolute atomic E-state index is 0.667. The van der Waals surface area contributed by atoms with Gasteiger partial charge in [0, 0.05) is 30.1 Å². The van der Waals surface area contributed by atoms with E-state index in [9.17, 15) is 4.79 Å². The van der Waals surface area contributed by atoms with Crippen LogP contribution < -0.4 is 0 Å². The van der Waals surface area contributed by atoms with Crippen molar-refractivity contribution in [1.29, 1.82) is 0 Å². The van der Waals surface area contributed by atoms with Gasteiger partial charge in [0.2, 0.25) is 0 Å². The average molecular weight is 317 g/mol. The SMILES string of the molecule is CCn1c(-c2nc3cc(C=O)cc(C)c3n2C)cc2ccccc21. The predicted octanol–water partition coefficient (Wildman–Crippen LogP) is 4.34. The van der Waals surface area contributed by atoms with Gasteiger partial charge in [0.05, 0.1) is 16.7 Å². The minimum atomic E-state index is 0.667. The molecule has 0 aliphatic heterocycles. The van der Waals surface area contributed by atoms with E-state index < -0.39 is 0 Å². The van der Waals surface area contributed by atoms with Crippen molar-refractivity contribution in [2.45, 2.75) is 20.4 Å². The van der Waals surface area contributed by atoms with Gasteiger partial charge in [-0.3, -0.25) is 4.79 Å². The van der Waals surface area contributed by atoms with Crippen molar-refractivity contribution in [1.82, 2.24) is 14.1 Å². The van der Waals surface area contributed by atoms with Crippen LogP contribution in [0.4, 0.5) is 0 Å². The second-order valence-corrected chi connectivity index (χ2v) is 6.15. The summed E-state index contributed by atoms with van der Waals surface area (Å²) in [4.78, 5) is 16.0. The lowest BCUT2D eigenvalue weighted by molar-refractivity contribution is 0.112. The number of rotatable bonds is 3. The highest BCUT2D eigenvalue weighted by atomic mass is 16.1. The number of carbonyl (C=O) groups is 1. The summed E-state index contributed by atoms with van der Waals surface area (Å²) in [5.74, 6) is 0.925. The Hall–Kier alpha value is -2.88. The summed E-state index contributed by atoms with van der Waals surface area (Å²) in [5.41, 5.74) is 5.98. The maximum atomic E-state index is 11.1. The van der Waals surface area contributed by atoms with E-state index in [4.69, 9.17) is 4.98 Å². The van der Waals surface area contributed by atoms with Gasteiger partial charge in [-0.25, -0.2) is 4.98 Å². The van der Waals surface area contributed by atoms with E-state index in [1.54, 1.807) is 0 Å². The lowest BCUT2D eigenvalue weighted by atomic mass is 10.1. The van der Waals surface area contributed by atoms with E-state index in [1.165, 1.54) is 10.9 Å². The number of imidazole rings is 1. The molecule has 0 saturated carbocycles. The molecule has 0 amide bonds. The van der Waals surface area contributed by atoms with Gasteiger partial charge in [-0.15, -0.1) is 0 Å². The summed E-state index contributed by atoms with van der Waals surface area (Å²) >= 11 is 0. The normalized spacial score (nSPS) is 11.5. The summed E-state index contributed by atoms with van der Waals surface area (Å²) < 4.78 is 4.41. The van der Waals surface area contributed by atoms with Crippen LogP contribution in [0.15, 0.2) is 42.5 Å². The van der Waals surface area contributed by atoms with Crippen molar-refractivity contribution in [2.75, 3.05) is 0 Å². The highest BCUT2D eigenvalue weighted by Crippen LogP contribution is 2.31. The molecule has 0 atom stereocenters. The van der Waals surface area contributed by atoms with E-state index in [0.29, 0.717) is 5.56 Å². The lowest BCUT2D eigenvalue weighted by Gasteiger charge is -2.08. The largest absolute Gasteiger partial charge is 0.338 e. The molecule has 4 rings (SSSR count). The molecule has 0 aliphatic carbocycles. The number of hydrogen-bond donors (Lipinski definition) is 0. The van der Waals surface area contributed by atoms with Crippen molar-refractivity contribution in [2.24, 2.45) is 7.05 Å². The van der Waals surface area contributed by atoms with Crippen LogP contribution in [-0.4, -0.2) is 20.4 Å². The van der Waals surface area contributed by atoms with E-state index in [-0.39, 0.29) is 0 Å². The smallest absolute Gasteiger partial charge is 0.157 e. The first kappa shape index (κ1) is 14.7. The molecule has 4 aromatic rings. The fourth-order valence-electron chi connectivity index (χ4n) is 3.64. The van der Waals surface area contributed by atoms with Crippen LogP contribution in [0.2, 0.25) is 0 Å². The van der Waals surface area contributed by atoms with Crippen LogP contribution in [0.5, 0.6) is 0 Å². The van der Waals surface area contributed by atoms with Gasteiger partial charge in [-0.1, -0.05) is 18.2 Å². The van der Waals surface area contributed by atoms with E-state index in [1.807, 2.05) is 26.1 Å². The maximum absolute atomic E-state index is 11.1. The van der Waals surface area contributed by atoms with Crippen LogP contribution in [-0.2, 0) is 13.6 Å². The molecule has 0 spiro atoms. The lowest BCUT2D eigenvalue weighted by Crippen LogP contribution is -2.01. The van der Waals surface area contributed by atoms with Gasteiger partial charge in [0.1, 0.15) is 6.29 Å². The summed E-state index contributed by atoms with van der Waals surface area (Å²) in [6.07, 6.45) is 0.879. The molecule has 0 aliphatic rings. The first-order valence-electron chi connectivity index (χ1n) is 8.15. The Labute approximate surface area is 140 Å². The minimum Gasteiger partial charge on any atom is -0.338 e. The number of fused-ring (bicyclic) bond motifs is 2. The second-order valence-electron chi connectivity index (χ2n) is 6.15. The van der Waals surface area contributed by atoms with Crippen molar-refractivity contribution in [3.63, 3.8) is 0 Å². The standard InChI is InChI=1S/C20H19N3O/c1-4-23-17-8-6-5-7-15(17)11-18(23)20-21-16-10-14(12-24)9-13(2)19(16)22(20)3/h5-12H,4H2,1-3H3. The third kappa shape index (κ3) is 1.99. The number of nitrogens with zero attached hydrogens (tertiary/aromatic N) is 3. The van der Waals surface area contributed by atoms with Crippen LogP contribution in [0.25, 0.3) is 33.5 Å². The molecule has 0 saturated heterocycles. The van der Waals surface area contributed by atoms with Gasteiger partial charge >= 0.3 is 0 Å². The zero-order chi connectivity index (χ0) is 16.8. The fourth-order valence-corrected chi connectivity index (χ4v) is 3.64. The molecule has 0 N–H and O–H groups in total. The second kappa shape index (κ2) is 5.34. The number of aromatic nitrogens is 3. The zero-order valence-electron chi connectivity index (χ0n) is 14.1. The summed E-state index contributed by atoms with van der Waals surface area (Å²) in [7, 11) is 2.04.